The highest BCUT2D eigenvalue weighted by molar-refractivity contribution is 7.52. The standard InChI is InChI=1S/C19H25N4O10P/c1-10(19(28)30-2)22-34(29,33-11-6-4-3-5-7-11)31-8-12-14(24)15(25)18(32-12)23-9-21-13(16(20)26)17(23)27/h3-7,9-10,12,14-15,18,24-25,27H,8H2,1-2H3,(H2,20,26)(H,22,29)/t10?,12-,14-,15-,18-,34?/m1/s1. The molecule has 1 aromatic heterocycles. The van der Waals surface area contributed by atoms with E-state index >= 15 is 0 Å². The largest absolute Gasteiger partial charge is 0.493 e. The lowest BCUT2D eigenvalue weighted by molar-refractivity contribution is -0.142. The molecule has 1 fully saturated rings. The first-order chi connectivity index (χ1) is 16.1. The number of hydrogen-bond donors (Lipinski definition) is 5. The summed E-state index contributed by atoms with van der Waals surface area (Å²) in [7, 11) is -3.07. The van der Waals surface area contributed by atoms with Crippen LogP contribution in [-0.4, -0.2) is 74.8 Å². The van der Waals surface area contributed by atoms with Crippen LogP contribution < -0.4 is 15.3 Å². The maximum absolute atomic E-state index is 13.4. The Hall–Kier alpha value is -3.00. The molecule has 1 aromatic carbocycles. The summed E-state index contributed by atoms with van der Waals surface area (Å²) in [6.45, 7) is 0.826. The lowest BCUT2D eigenvalue weighted by atomic mass is 10.1. The number of primary amides is 1. The van der Waals surface area contributed by atoms with E-state index in [1.54, 1.807) is 18.2 Å². The number of aromatic hydroxyl groups is 1. The molecule has 0 radical (unpaired) electrons. The van der Waals surface area contributed by atoms with E-state index in [-0.39, 0.29) is 5.75 Å². The van der Waals surface area contributed by atoms with Crippen LogP contribution in [-0.2, 0) is 23.4 Å². The first-order valence-corrected chi connectivity index (χ1v) is 11.5. The summed E-state index contributed by atoms with van der Waals surface area (Å²) in [5, 5.41) is 33.4. The second kappa shape index (κ2) is 10.5. The number of ether oxygens (including phenoxy) is 2. The molecular weight excluding hydrogens is 475 g/mol. The minimum atomic E-state index is -4.23. The molecule has 1 aliphatic heterocycles. The number of carbonyl (C=O) groups excluding carboxylic acids is 2. The number of rotatable bonds is 10. The Morgan fingerprint density at radius 3 is 2.56 bits per heavy atom. The smallest absolute Gasteiger partial charge is 0.459 e. The lowest BCUT2D eigenvalue weighted by Gasteiger charge is -2.24. The van der Waals surface area contributed by atoms with Crippen LogP contribution in [0.1, 0.15) is 23.6 Å². The summed E-state index contributed by atoms with van der Waals surface area (Å²) in [6, 6.07) is 6.92. The number of nitrogens with two attached hydrogens (primary N) is 1. The fourth-order valence-corrected chi connectivity index (χ4v) is 4.66. The predicted octanol–water partition coefficient (Wildman–Crippen LogP) is -0.338. The van der Waals surface area contributed by atoms with Crippen molar-refractivity contribution in [1.29, 1.82) is 0 Å². The highest BCUT2D eigenvalue weighted by Gasteiger charge is 2.46. The molecule has 1 aliphatic rings. The number of amides is 1. The molecule has 2 aromatic rings. The molecule has 6 atom stereocenters. The van der Waals surface area contributed by atoms with Gasteiger partial charge in [0.2, 0.25) is 5.88 Å². The minimum Gasteiger partial charge on any atom is -0.493 e. The van der Waals surface area contributed by atoms with Gasteiger partial charge in [0.1, 0.15) is 36.4 Å². The van der Waals surface area contributed by atoms with Crippen molar-refractivity contribution < 1.29 is 48.0 Å². The summed E-state index contributed by atoms with van der Waals surface area (Å²) < 4.78 is 35.3. The number of carbonyl (C=O) groups is 2. The van der Waals surface area contributed by atoms with Gasteiger partial charge in [-0.1, -0.05) is 18.2 Å². The van der Waals surface area contributed by atoms with Gasteiger partial charge in [-0.05, 0) is 19.1 Å². The fraction of sp³-hybridized carbons (Fsp3) is 0.421. The van der Waals surface area contributed by atoms with Gasteiger partial charge >= 0.3 is 13.7 Å². The normalized spacial score (nSPS) is 24.8. The van der Waals surface area contributed by atoms with Gasteiger partial charge in [0.05, 0.1) is 13.7 Å². The van der Waals surface area contributed by atoms with Crippen LogP contribution in [0, 0.1) is 0 Å². The maximum atomic E-state index is 13.4. The zero-order chi connectivity index (χ0) is 25.0. The van der Waals surface area contributed by atoms with E-state index < -0.39 is 68.4 Å². The van der Waals surface area contributed by atoms with Crippen molar-refractivity contribution in [1.82, 2.24) is 14.6 Å². The molecule has 0 bridgehead atoms. The van der Waals surface area contributed by atoms with Crippen molar-refractivity contribution in [2.45, 2.75) is 37.5 Å². The molecule has 6 N–H and O–H groups in total. The second-order valence-corrected chi connectivity index (χ2v) is 9.00. The van der Waals surface area contributed by atoms with Crippen LogP contribution in [0.25, 0.3) is 0 Å². The van der Waals surface area contributed by atoms with Gasteiger partial charge in [0.25, 0.3) is 5.91 Å². The lowest BCUT2D eigenvalue weighted by Crippen LogP contribution is -2.37. The maximum Gasteiger partial charge on any atom is 0.459 e. The molecule has 15 heteroatoms. The summed E-state index contributed by atoms with van der Waals surface area (Å²) in [5.41, 5.74) is 4.66. The fourth-order valence-electron chi connectivity index (χ4n) is 3.16. The summed E-state index contributed by atoms with van der Waals surface area (Å²) in [5.74, 6) is -2.23. The number of para-hydroxylation sites is 1. The molecule has 0 spiro atoms. The van der Waals surface area contributed by atoms with E-state index in [4.69, 9.17) is 19.5 Å². The van der Waals surface area contributed by atoms with E-state index in [9.17, 15) is 29.5 Å². The highest BCUT2D eigenvalue weighted by atomic mass is 31.2. The van der Waals surface area contributed by atoms with Gasteiger partial charge in [-0.3, -0.25) is 18.7 Å². The number of hydrogen-bond acceptors (Lipinski definition) is 11. The van der Waals surface area contributed by atoms with Crippen molar-refractivity contribution in [3.8, 4) is 11.6 Å². The number of aliphatic hydroxyl groups is 2. The number of aromatic nitrogens is 2. The number of aliphatic hydroxyl groups excluding tert-OH is 2. The Labute approximate surface area is 193 Å². The number of nitrogens with zero attached hydrogens (tertiary/aromatic N) is 2. The zero-order valence-corrected chi connectivity index (χ0v) is 19.1. The molecule has 0 aliphatic carbocycles. The molecule has 0 saturated carbocycles. The van der Waals surface area contributed by atoms with Gasteiger partial charge in [0.15, 0.2) is 11.9 Å². The van der Waals surface area contributed by atoms with Gasteiger partial charge in [-0.15, -0.1) is 0 Å². The Morgan fingerprint density at radius 2 is 1.97 bits per heavy atom. The first kappa shape index (κ1) is 25.6. The van der Waals surface area contributed by atoms with E-state index in [0.29, 0.717) is 0 Å². The third-order valence-electron chi connectivity index (χ3n) is 4.90. The number of nitrogens with one attached hydrogen (secondary N) is 1. The summed E-state index contributed by atoms with van der Waals surface area (Å²) >= 11 is 0. The van der Waals surface area contributed by atoms with Crippen LogP contribution in [0.2, 0.25) is 0 Å². The van der Waals surface area contributed by atoms with Crippen molar-refractivity contribution in [2.24, 2.45) is 5.73 Å². The Bertz CT molecular complexity index is 1060. The van der Waals surface area contributed by atoms with Gasteiger partial charge in [-0.25, -0.2) is 9.55 Å². The monoisotopic (exact) mass is 500 g/mol. The Morgan fingerprint density at radius 1 is 1.29 bits per heavy atom. The van der Waals surface area contributed by atoms with Crippen LogP contribution in [0.5, 0.6) is 11.6 Å². The molecule has 2 heterocycles. The minimum absolute atomic E-state index is 0.170. The number of esters is 1. The number of imidazole rings is 1. The van der Waals surface area contributed by atoms with Crippen molar-refractivity contribution in [3.05, 3.63) is 42.4 Å². The SMILES string of the molecule is COC(=O)C(C)NP(=O)(OC[C@H]1O[C@@H](n2cnc(C(N)=O)c2O)[C@H](O)[C@@H]1O)Oc1ccccc1. The van der Waals surface area contributed by atoms with Crippen molar-refractivity contribution in [3.63, 3.8) is 0 Å². The van der Waals surface area contributed by atoms with Crippen molar-refractivity contribution in [2.75, 3.05) is 13.7 Å². The summed E-state index contributed by atoms with van der Waals surface area (Å²) in [4.78, 5) is 26.8. The Kier molecular flexibility index (Phi) is 7.92. The zero-order valence-electron chi connectivity index (χ0n) is 18.2. The van der Waals surface area contributed by atoms with Gasteiger partial charge in [-0.2, -0.15) is 5.09 Å². The van der Waals surface area contributed by atoms with E-state index in [2.05, 4.69) is 14.8 Å². The van der Waals surface area contributed by atoms with E-state index in [0.717, 1.165) is 18.0 Å². The van der Waals surface area contributed by atoms with Gasteiger partial charge in [0, 0.05) is 0 Å². The van der Waals surface area contributed by atoms with Crippen LogP contribution in [0.4, 0.5) is 0 Å². The molecule has 2 unspecified atom stereocenters. The molecular formula is C19H25N4O10P. The van der Waals surface area contributed by atoms with Gasteiger partial charge < -0.3 is 35.1 Å². The topological polar surface area (TPSA) is 205 Å². The number of methoxy groups -OCH3 is 1. The molecule has 1 saturated heterocycles. The second-order valence-electron chi connectivity index (χ2n) is 7.31. The number of benzene rings is 1. The average molecular weight is 500 g/mol. The van der Waals surface area contributed by atoms with E-state index in [1.165, 1.54) is 19.1 Å². The van der Waals surface area contributed by atoms with Crippen LogP contribution in [0.15, 0.2) is 36.7 Å². The van der Waals surface area contributed by atoms with Crippen LogP contribution in [0.3, 0.4) is 0 Å². The summed E-state index contributed by atoms with van der Waals surface area (Å²) in [6.07, 6.45) is -4.73. The third kappa shape index (κ3) is 5.55. The predicted molar refractivity (Wildman–Crippen MR) is 114 cm³/mol. The molecule has 1 amide bonds. The van der Waals surface area contributed by atoms with Crippen molar-refractivity contribution >= 4 is 19.6 Å². The highest BCUT2D eigenvalue weighted by Crippen LogP contribution is 2.46. The molecule has 34 heavy (non-hydrogen) atoms. The average Bonchev–Trinajstić information content (AvgIpc) is 3.32. The quantitative estimate of drug-likeness (QED) is 0.210. The molecule has 186 valence electrons. The Balaban J connectivity index is 1.75. The van der Waals surface area contributed by atoms with E-state index in [1.807, 2.05) is 0 Å². The third-order valence-corrected chi connectivity index (χ3v) is 6.54. The molecule has 14 nitrogen and oxygen atoms in total. The van der Waals surface area contributed by atoms with Crippen LogP contribution >= 0.6 is 7.75 Å². The molecule has 3 rings (SSSR count). The first-order valence-electron chi connectivity index (χ1n) is 9.98.